The van der Waals surface area contributed by atoms with Crippen LogP contribution < -0.4 is 0 Å². The van der Waals surface area contributed by atoms with Gasteiger partial charge in [-0.3, -0.25) is 0 Å². The molecule has 0 aromatic heterocycles. The van der Waals surface area contributed by atoms with Gasteiger partial charge in [-0.05, 0) is 41.2 Å². The van der Waals surface area contributed by atoms with Crippen LogP contribution in [-0.2, 0) is 6.42 Å². The molecule has 0 N–H and O–H groups in total. The van der Waals surface area contributed by atoms with Gasteiger partial charge in [0.25, 0.3) is 0 Å². The third-order valence-corrected chi connectivity index (χ3v) is 3.13. The fourth-order valence-electron chi connectivity index (χ4n) is 2.24. The summed E-state index contributed by atoms with van der Waals surface area (Å²) in [5.41, 5.74) is 5.46. The monoisotopic (exact) mass is 206 g/mol. The molecule has 0 heteroatoms. The van der Waals surface area contributed by atoms with E-state index in [-0.39, 0.29) is 0 Å². The molecule has 0 nitrogen and oxygen atoms in total. The minimum atomic E-state index is 1.18. The second-order valence-corrected chi connectivity index (χ2v) is 4.22. The van der Waals surface area contributed by atoms with Gasteiger partial charge in [-0.15, -0.1) is 0 Å². The zero-order valence-electron chi connectivity index (χ0n) is 9.19. The summed E-state index contributed by atoms with van der Waals surface area (Å²) in [7, 11) is 0. The number of fused-ring (bicyclic) bond motifs is 1. The molecule has 1 aliphatic rings. The number of hydrogen-bond donors (Lipinski definition) is 0. The van der Waals surface area contributed by atoms with E-state index in [1.54, 1.807) is 0 Å². The molecule has 2 aromatic carbocycles. The Morgan fingerprint density at radius 3 is 2.56 bits per heavy atom. The molecule has 3 rings (SSSR count). The summed E-state index contributed by atoms with van der Waals surface area (Å²) < 4.78 is 0. The van der Waals surface area contributed by atoms with Crippen LogP contribution in [0.2, 0.25) is 0 Å². The highest BCUT2D eigenvalue weighted by Crippen LogP contribution is 2.26. The SMILES string of the molecule is C1=Cc2cc(-c3ccccc3)ccc2CC1. The highest BCUT2D eigenvalue weighted by Gasteiger charge is 2.05. The lowest BCUT2D eigenvalue weighted by Gasteiger charge is -2.12. The number of aryl methyl sites for hydroxylation is 1. The molecule has 0 saturated heterocycles. The summed E-state index contributed by atoms with van der Waals surface area (Å²) in [4.78, 5) is 0. The predicted octanol–water partition coefficient (Wildman–Crippen LogP) is 4.31. The maximum absolute atomic E-state index is 2.29. The Labute approximate surface area is 96.3 Å². The largest absolute Gasteiger partial charge is 0.0836 e. The van der Waals surface area contributed by atoms with Gasteiger partial charge in [0.05, 0.1) is 0 Å². The predicted molar refractivity (Wildman–Crippen MR) is 69.2 cm³/mol. The summed E-state index contributed by atoms with van der Waals surface area (Å²) in [5.74, 6) is 0. The molecule has 0 atom stereocenters. The van der Waals surface area contributed by atoms with Crippen LogP contribution in [-0.4, -0.2) is 0 Å². The van der Waals surface area contributed by atoms with E-state index in [1.807, 2.05) is 0 Å². The summed E-state index contributed by atoms with van der Waals surface area (Å²) in [5, 5.41) is 0. The van der Waals surface area contributed by atoms with Crippen LogP contribution in [0.25, 0.3) is 17.2 Å². The molecule has 0 radical (unpaired) electrons. The summed E-state index contributed by atoms with van der Waals surface area (Å²) in [6.07, 6.45) is 6.86. The Morgan fingerprint density at radius 1 is 0.812 bits per heavy atom. The van der Waals surface area contributed by atoms with Crippen molar-refractivity contribution in [2.45, 2.75) is 12.8 Å². The molecule has 1 aliphatic carbocycles. The van der Waals surface area contributed by atoms with E-state index in [1.165, 1.54) is 35.1 Å². The van der Waals surface area contributed by atoms with Gasteiger partial charge in [0.1, 0.15) is 0 Å². The summed E-state index contributed by atoms with van der Waals surface area (Å²) in [6, 6.07) is 17.3. The fourth-order valence-corrected chi connectivity index (χ4v) is 2.24. The highest BCUT2D eigenvalue weighted by molar-refractivity contribution is 5.69. The molecule has 2 aromatic rings. The Morgan fingerprint density at radius 2 is 1.69 bits per heavy atom. The quantitative estimate of drug-likeness (QED) is 0.652. The molecule has 0 fully saturated rings. The second kappa shape index (κ2) is 3.97. The van der Waals surface area contributed by atoms with E-state index >= 15 is 0 Å². The molecule has 0 bridgehead atoms. The topological polar surface area (TPSA) is 0 Å². The van der Waals surface area contributed by atoms with Gasteiger partial charge >= 0.3 is 0 Å². The van der Waals surface area contributed by atoms with Crippen molar-refractivity contribution >= 4 is 6.08 Å². The van der Waals surface area contributed by atoms with Crippen molar-refractivity contribution in [3.8, 4) is 11.1 Å². The van der Waals surface area contributed by atoms with Gasteiger partial charge in [-0.2, -0.15) is 0 Å². The first-order valence-corrected chi connectivity index (χ1v) is 5.78. The van der Waals surface area contributed by atoms with Crippen LogP contribution in [0.3, 0.4) is 0 Å². The molecule has 0 saturated carbocycles. The Bertz CT molecular complexity index is 521. The van der Waals surface area contributed by atoms with E-state index in [0.29, 0.717) is 0 Å². The Balaban J connectivity index is 2.08. The maximum Gasteiger partial charge on any atom is -0.0178 e. The van der Waals surface area contributed by atoms with Crippen LogP contribution in [0.5, 0.6) is 0 Å². The van der Waals surface area contributed by atoms with E-state index in [2.05, 4.69) is 60.7 Å². The minimum absolute atomic E-state index is 1.18. The molecule has 0 unspecified atom stereocenters. The summed E-state index contributed by atoms with van der Waals surface area (Å²) >= 11 is 0. The van der Waals surface area contributed by atoms with Crippen molar-refractivity contribution < 1.29 is 0 Å². The van der Waals surface area contributed by atoms with Gasteiger partial charge in [-0.25, -0.2) is 0 Å². The lowest BCUT2D eigenvalue weighted by Crippen LogP contribution is -1.93. The number of hydrogen-bond acceptors (Lipinski definition) is 0. The standard InChI is InChI=1S/C16H14/c1-2-6-13(7-3-1)16-11-10-14-8-4-5-9-15(14)12-16/h1-3,5-7,9-12H,4,8H2. The maximum atomic E-state index is 2.29. The fraction of sp³-hybridized carbons (Fsp3) is 0.125. The molecule has 16 heavy (non-hydrogen) atoms. The van der Waals surface area contributed by atoms with Crippen molar-refractivity contribution in [3.05, 3.63) is 65.7 Å². The van der Waals surface area contributed by atoms with Crippen LogP contribution in [0, 0.1) is 0 Å². The smallest absolute Gasteiger partial charge is 0.0178 e. The number of rotatable bonds is 1. The average Bonchev–Trinajstić information content (AvgIpc) is 2.39. The van der Waals surface area contributed by atoms with Gasteiger partial charge in [0.15, 0.2) is 0 Å². The van der Waals surface area contributed by atoms with Crippen molar-refractivity contribution in [1.29, 1.82) is 0 Å². The average molecular weight is 206 g/mol. The molecular weight excluding hydrogens is 192 g/mol. The van der Waals surface area contributed by atoms with Crippen molar-refractivity contribution in [3.63, 3.8) is 0 Å². The zero-order valence-corrected chi connectivity index (χ0v) is 9.19. The Kier molecular flexibility index (Phi) is 2.34. The third-order valence-electron chi connectivity index (χ3n) is 3.13. The van der Waals surface area contributed by atoms with Crippen LogP contribution in [0.1, 0.15) is 17.5 Å². The third kappa shape index (κ3) is 1.67. The first-order chi connectivity index (χ1) is 7.93. The van der Waals surface area contributed by atoms with Crippen LogP contribution in [0.15, 0.2) is 54.6 Å². The second-order valence-electron chi connectivity index (χ2n) is 4.22. The first-order valence-electron chi connectivity index (χ1n) is 5.78. The summed E-state index contributed by atoms with van der Waals surface area (Å²) in [6.45, 7) is 0. The van der Waals surface area contributed by atoms with Crippen LogP contribution >= 0.6 is 0 Å². The molecule has 0 aliphatic heterocycles. The zero-order chi connectivity index (χ0) is 10.8. The molecular formula is C16H14. The lowest BCUT2D eigenvalue weighted by molar-refractivity contribution is 0.986. The van der Waals surface area contributed by atoms with E-state index < -0.39 is 0 Å². The lowest BCUT2D eigenvalue weighted by atomic mass is 9.93. The van der Waals surface area contributed by atoms with Gasteiger partial charge in [0.2, 0.25) is 0 Å². The van der Waals surface area contributed by atoms with E-state index in [9.17, 15) is 0 Å². The van der Waals surface area contributed by atoms with Crippen molar-refractivity contribution in [1.82, 2.24) is 0 Å². The van der Waals surface area contributed by atoms with E-state index in [4.69, 9.17) is 0 Å². The van der Waals surface area contributed by atoms with Gasteiger partial charge in [0, 0.05) is 0 Å². The molecule has 0 spiro atoms. The molecule has 78 valence electrons. The molecule has 0 amide bonds. The highest BCUT2D eigenvalue weighted by atomic mass is 14.1. The van der Waals surface area contributed by atoms with E-state index in [0.717, 1.165) is 0 Å². The van der Waals surface area contributed by atoms with Crippen molar-refractivity contribution in [2.24, 2.45) is 0 Å². The molecule has 0 heterocycles. The minimum Gasteiger partial charge on any atom is -0.0836 e. The normalized spacial score (nSPS) is 13.5. The van der Waals surface area contributed by atoms with Crippen molar-refractivity contribution in [2.75, 3.05) is 0 Å². The number of allylic oxidation sites excluding steroid dienone is 1. The Hall–Kier alpha value is -1.82. The first kappa shape index (κ1) is 9.41. The van der Waals surface area contributed by atoms with Gasteiger partial charge in [-0.1, -0.05) is 54.6 Å². The van der Waals surface area contributed by atoms with Crippen LogP contribution in [0.4, 0.5) is 0 Å². The number of benzene rings is 2. The van der Waals surface area contributed by atoms with Gasteiger partial charge < -0.3 is 0 Å².